The van der Waals surface area contributed by atoms with Crippen LogP contribution in [-0.2, 0) is 14.8 Å². The Morgan fingerprint density at radius 2 is 2.32 bits per heavy atom. The first-order valence-electron chi connectivity index (χ1n) is 5.37. The minimum Gasteiger partial charge on any atom is -0.478 e. The van der Waals surface area contributed by atoms with Crippen molar-refractivity contribution < 1.29 is 23.1 Å². The molecule has 1 aromatic rings. The van der Waals surface area contributed by atoms with Crippen molar-refractivity contribution in [1.29, 1.82) is 0 Å². The molecule has 0 radical (unpaired) electrons. The van der Waals surface area contributed by atoms with E-state index in [9.17, 15) is 18.0 Å². The quantitative estimate of drug-likeness (QED) is 0.625. The highest BCUT2D eigenvalue weighted by molar-refractivity contribution is 7.89. The van der Waals surface area contributed by atoms with Gasteiger partial charge in [0.05, 0.1) is 6.20 Å². The van der Waals surface area contributed by atoms with Gasteiger partial charge in [0.2, 0.25) is 5.91 Å². The van der Waals surface area contributed by atoms with Crippen LogP contribution >= 0.6 is 0 Å². The summed E-state index contributed by atoms with van der Waals surface area (Å²) in [4.78, 5) is 23.9. The number of likely N-dealkylation sites (tertiary alicyclic amines) is 1. The number of aromatic nitrogens is 2. The molecule has 1 atom stereocenters. The van der Waals surface area contributed by atoms with Crippen molar-refractivity contribution in [1.82, 2.24) is 19.8 Å². The zero-order valence-electron chi connectivity index (χ0n) is 9.95. The fourth-order valence-corrected chi connectivity index (χ4v) is 3.12. The lowest BCUT2D eigenvalue weighted by molar-refractivity contribution is -0.127. The number of rotatable bonds is 4. The summed E-state index contributed by atoms with van der Waals surface area (Å²) < 4.78 is 26.2. The second-order valence-corrected chi connectivity index (χ2v) is 5.79. The van der Waals surface area contributed by atoms with E-state index >= 15 is 0 Å². The summed E-state index contributed by atoms with van der Waals surface area (Å²) in [5.41, 5.74) is -0.466. The normalized spacial score (nSPS) is 19.9. The second-order valence-electron chi connectivity index (χ2n) is 4.14. The second kappa shape index (κ2) is 4.63. The first-order valence-corrected chi connectivity index (χ1v) is 6.85. The Bertz CT molecular complexity index is 622. The molecule has 0 aliphatic carbocycles. The molecule has 3 N–H and O–H groups in total. The monoisotopic (exact) mass is 288 g/mol. The fourth-order valence-electron chi connectivity index (χ4n) is 1.81. The summed E-state index contributed by atoms with van der Waals surface area (Å²) in [7, 11) is -2.56. The Morgan fingerprint density at radius 1 is 1.63 bits per heavy atom. The molecule has 1 unspecified atom stereocenters. The van der Waals surface area contributed by atoms with E-state index in [1.165, 1.54) is 4.90 Å². The number of H-pyrrole nitrogens is 1. The van der Waals surface area contributed by atoms with Crippen LogP contribution in [0.1, 0.15) is 16.8 Å². The summed E-state index contributed by atoms with van der Waals surface area (Å²) in [6.45, 7) is 0.445. The van der Waals surface area contributed by atoms with Crippen LogP contribution in [0.5, 0.6) is 0 Å². The van der Waals surface area contributed by atoms with Gasteiger partial charge in [0.15, 0.2) is 5.03 Å². The Labute approximate surface area is 108 Å². The fraction of sp³-hybridized carbons (Fsp3) is 0.444. The van der Waals surface area contributed by atoms with Crippen LogP contribution in [0.25, 0.3) is 0 Å². The van der Waals surface area contributed by atoms with Crippen LogP contribution in [0.15, 0.2) is 11.2 Å². The maximum atomic E-state index is 12.0. The van der Waals surface area contributed by atoms with E-state index in [4.69, 9.17) is 5.11 Å². The van der Waals surface area contributed by atoms with E-state index in [1.807, 2.05) is 0 Å². The van der Waals surface area contributed by atoms with E-state index in [2.05, 4.69) is 14.9 Å². The van der Waals surface area contributed by atoms with Gasteiger partial charge in [0.1, 0.15) is 11.6 Å². The average Bonchev–Trinajstić information content (AvgIpc) is 2.91. The van der Waals surface area contributed by atoms with E-state index in [-0.39, 0.29) is 5.91 Å². The molecule has 10 heteroatoms. The van der Waals surface area contributed by atoms with Crippen molar-refractivity contribution in [2.75, 3.05) is 13.6 Å². The summed E-state index contributed by atoms with van der Waals surface area (Å²) >= 11 is 0. The molecule has 1 fully saturated rings. The SMILES string of the molecule is CN1CCC(NS(=O)(=O)c2[nH]ncc2C(=O)O)C1=O. The minimum atomic E-state index is -4.13. The van der Waals surface area contributed by atoms with Crippen molar-refractivity contribution in [3.63, 3.8) is 0 Å². The van der Waals surface area contributed by atoms with Crippen LogP contribution in [0.3, 0.4) is 0 Å². The lowest BCUT2D eigenvalue weighted by Crippen LogP contribution is -2.41. The van der Waals surface area contributed by atoms with Crippen LogP contribution in [0, 0.1) is 0 Å². The van der Waals surface area contributed by atoms with E-state index in [0.29, 0.717) is 13.0 Å². The molecule has 0 bridgehead atoms. The molecule has 1 aliphatic heterocycles. The number of nitrogens with zero attached hydrogens (tertiary/aromatic N) is 2. The minimum absolute atomic E-state index is 0.338. The standard InChI is InChI=1S/C9H12N4O5S/c1-13-3-2-6(8(13)14)12-19(17,18)7-5(9(15)16)4-10-11-7/h4,6,12H,2-3H2,1H3,(H,10,11)(H,15,16). The van der Waals surface area contributed by atoms with Gasteiger partial charge in [-0.15, -0.1) is 0 Å². The summed E-state index contributed by atoms with van der Waals surface area (Å²) in [5.74, 6) is -1.76. The average molecular weight is 288 g/mol. The third kappa shape index (κ3) is 2.44. The van der Waals surface area contributed by atoms with Gasteiger partial charge in [-0.25, -0.2) is 13.2 Å². The smallest absolute Gasteiger partial charge is 0.340 e. The molecular weight excluding hydrogens is 276 g/mol. The number of hydrogen-bond donors (Lipinski definition) is 3. The predicted molar refractivity (Wildman–Crippen MR) is 61.9 cm³/mol. The van der Waals surface area contributed by atoms with Crippen molar-refractivity contribution in [2.45, 2.75) is 17.5 Å². The number of carbonyl (C=O) groups is 2. The van der Waals surface area contributed by atoms with Gasteiger partial charge in [-0.3, -0.25) is 9.89 Å². The number of carboxylic acid groups (broad SMARTS) is 1. The van der Waals surface area contributed by atoms with Crippen LogP contribution in [0.4, 0.5) is 0 Å². The van der Waals surface area contributed by atoms with Crippen molar-refractivity contribution in [2.24, 2.45) is 0 Å². The number of aromatic amines is 1. The molecule has 1 amide bonds. The molecule has 2 heterocycles. The highest BCUT2D eigenvalue weighted by Gasteiger charge is 2.35. The zero-order chi connectivity index (χ0) is 14.2. The number of carbonyl (C=O) groups excluding carboxylic acids is 1. The maximum Gasteiger partial charge on any atom is 0.340 e. The number of likely N-dealkylation sites (N-methyl/N-ethyl adjacent to an activating group) is 1. The number of hydrogen-bond acceptors (Lipinski definition) is 5. The number of carboxylic acids is 1. The van der Waals surface area contributed by atoms with Gasteiger partial charge >= 0.3 is 5.97 Å². The molecule has 2 rings (SSSR count). The zero-order valence-corrected chi connectivity index (χ0v) is 10.8. The van der Waals surface area contributed by atoms with Crippen LogP contribution in [0.2, 0.25) is 0 Å². The highest BCUT2D eigenvalue weighted by atomic mass is 32.2. The molecule has 104 valence electrons. The molecule has 0 spiro atoms. The van der Waals surface area contributed by atoms with Gasteiger partial charge in [-0.1, -0.05) is 0 Å². The Kier molecular flexibility index (Phi) is 3.28. The molecular formula is C9H12N4O5S. The Balaban J connectivity index is 2.26. The topological polar surface area (TPSA) is 132 Å². The molecule has 9 nitrogen and oxygen atoms in total. The van der Waals surface area contributed by atoms with Crippen molar-refractivity contribution >= 4 is 21.9 Å². The number of nitrogens with one attached hydrogen (secondary N) is 2. The summed E-state index contributed by atoms with van der Waals surface area (Å²) in [6.07, 6.45) is 1.24. The number of sulfonamides is 1. The molecule has 0 aromatic carbocycles. The molecule has 1 saturated heterocycles. The van der Waals surface area contributed by atoms with Gasteiger partial charge < -0.3 is 10.0 Å². The lowest BCUT2D eigenvalue weighted by atomic mass is 10.3. The van der Waals surface area contributed by atoms with Gasteiger partial charge in [-0.2, -0.15) is 9.82 Å². The number of aromatic carboxylic acids is 1. The molecule has 1 aliphatic rings. The van der Waals surface area contributed by atoms with Crippen molar-refractivity contribution in [3.8, 4) is 0 Å². The first-order chi connectivity index (χ1) is 8.83. The Hall–Kier alpha value is -1.94. The maximum absolute atomic E-state index is 12.0. The predicted octanol–water partition coefficient (Wildman–Crippen LogP) is -1.38. The molecule has 0 saturated carbocycles. The first kappa shape index (κ1) is 13.5. The third-order valence-corrected chi connectivity index (χ3v) is 4.27. The molecule has 1 aromatic heterocycles. The largest absolute Gasteiger partial charge is 0.478 e. The van der Waals surface area contributed by atoms with Gasteiger partial charge in [0, 0.05) is 13.6 Å². The van der Waals surface area contributed by atoms with Crippen molar-refractivity contribution in [3.05, 3.63) is 11.8 Å². The summed E-state index contributed by atoms with van der Waals surface area (Å²) in [5, 5.41) is 13.8. The van der Waals surface area contributed by atoms with E-state index < -0.39 is 32.6 Å². The van der Waals surface area contributed by atoms with Crippen LogP contribution in [-0.4, -0.2) is 60.1 Å². The van der Waals surface area contributed by atoms with Gasteiger partial charge in [0.25, 0.3) is 10.0 Å². The highest BCUT2D eigenvalue weighted by Crippen LogP contribution is 2.15. The van der Waals surface area contributed by atoms with Gasteiger partial charge in [-0.05, 0) is 6.42 Å². The molecule has 19 heavy (non-hydrogen) atoms. The lowest BCUT2D eigenvalue weighted by Gasteiger charge is -2.12. The van der Waals surface area contributed by atoms with Crippen LogP contribution < -0.4 is 4.72 Å². The van der Waals surface area contributed by atoms with E-state index in [1.54, 1.807) is 7.05 Å². The Morgan fingerprint density at radius 3 is 2.84 bits per heavy atom. The third-order valence-electron chi connectivity index (χ3n) is 2.83. The number of amides is 1. The van der Waals surface area contributed by atoms with E-state index in [0.717, 1.165) is 6.20 Å². The summed E-state index contributed by atoms with van der Waals surface area (Å²) in [6, 6.07) is -0.875.